The van der Waals surface area contributed by atoms with Gasteiger partial charge < -0.3 is 5.11 Å². The Bertz CT molecular complexity index is 816. The highest BCUT2D eigenvalue weighted by Gasteiger charge is 2.15. The van der Waals surface area contributed by atoms with Crippen molar-refractivity contribution in [2.45, 2.75) is 6.92 Å². The fourth-order valence-electron chi connectivity index (χ4n) is 2.10. The highest BCUT2D eigenvalue weighted by molar-refractivity contribution is 9.10. The van der Waals surface area contributed by atoms with E-state index in [1.54, 1.807) is 17.6 Å². The van der Waals surface area contributed by atoms with Crippen LogP contribution in [0.1, 0.15) is 15.9 Å². The third-order valence-corrected chi connectivity index (χ3v) is 4.04. The lowest BCUT2D eigenvalue weighted by molar-refractivity contribution is 0.0699. The van der Waals surface area contributed by atoms with E-state index in [2.05, 4.69) is 25.9 Å². The van der Waals surface area contributed by atoms with E-state index in [-0.39, 0.29) is 5.56 Å². The molecule has 4 nitrogen and oxygen atoms in total. The van der Waals surface area contributed by atoms with E-state index >= 15 is 0 Å². The molecule has 0 bridgehead atoms. The lowest BCUT2D eigenvalue weighted by atomic mass is 10.0. The van der Waals surface area contributed by atoms with Crippen molar-refractivity contribution in [3.63, 3.8) is 0 Å². The second kappa shape index (κ2) is 4.96. The fourth-order valence-corrected chi connectivity index (χ4v) is 3.22. The van der Waals surface area contributed by atoms with Crippen molar-refractivity contribution in [2.24, 2.45) is 0 Å². The number of aromatic carboxylic acids is 1. The maximum atomic E-state index is 11.5. The Balaban J connectivity index is 2.40. The van der Waals surface area contributed by atoms with Crippen LogP contribution in [0.15, 0.2) is 33.6 Å². The van der Waals surface area contributed by atoms with Gasteiger partial charge in [-0.1, -0.05) is 15.9 Å². The van der Waals surface area contributed by atoms with Crippen LogP contribution in [0.25, 0.3) is 22.3 Å². The number of hydrogen-bond acceptors (Lipinski definition) is 4. The molecule has 2 heterocycles. The number of pyridine rings is 1. The van der Waals surface area contributed by atoms with Gasteiger partial charge in [-0.05, 0) is 30.7 Å². The minimum absolute atomic E-state index is 0.238. The van der Waals surface area contributed by atoms with Gasteiger partial charge in [-0.2, -0.15) is 0 Å². The third kappa shape index (κ3) is 2.21. The summed E-state index contributed by atoms with van der Waals surface area (Å²) < 4.78 is 0.841. The molecule has 0 aliphatic carbocycles. The normalized spacial score (nSPS) is 10.9. The quantitative estimate of drug-likeness (QED) is 0.756. The summed E-state index contributed by atoms with van der Waals surface area (Å²) in [5, 5.41) is 11.9. The second-order valence-corrected chi connectivity index (χ2v) is 5.99. The van der Waals surface area contributed by atoms with Gasteiger partial charge in [0.05, 0.1) is 28.0 Å². The van der Waals surface area contributed by atoms with Gasteiger partial charge in [0.1, 0.15) is 0 Å². The number of carbonyl (C=O) groups is 1. The van der Waals surface area contributed by atoms with Gasteiger partial charge in [-0.15, -0.1) is 11.3 Å². The van der Waals surface area contributed by atoms with Crippen molar-refractivity contribution in [3.8, 4) is 11.4 Å². The number of hydrogen-bond donors (Lipinski definition) is 1. The van der Waals surface area contributed by atoms with Crippen LogP contribution in [0.4, 0.5) is 0 Å². The van der Waals surface area contributed by atoms with Gasteiger partial charge in [0, 0.05) is 15.2 Å². The van der Waals surface area contributed by atoms with Crippen LogP contribution >= 0.6 is 27.3 Å². The molecule has 1 aromatic carbocycles. The van der Waals surface area contributed by atoms with Crippen LogP contribution in [-0.2, 0) is 0 Å². The maximum absolute atomic E-state index is 11.5. The zero-order valence-corrected chi connectivity index (χ0v) is 12.8. The molecule has 0 fully saturated rings. The molecule has 20 heavy (non-hydrogen) atoms. The molecular formula is C14H9BrN2O2S. The Morgan fingerprint density at radius 3 is 2.75 bits per heavy atom. The highest BCUT2D eigenvalue weighted by Crippen LogP contribution is 2.29. The predicted octanol–water partition coefficient (Wildman–Crippen LogP) is 4.13. The number of rotatable bonds is 2. The number of thiazole rings is 1. The standard InChI is InChI=1S/C14H9BrN2O2S/c1-7-2-8(15)3-9-10(14(18)19)4-11(17-13(7)9)12-5-20-6-16-12/h2-6H,1H3,(H,18,19). The van der Waals surface area contributed by atoms with E-state index in [0.717, 1.165) is 10.0 Å². The number of benzene rings is 1. The smallest absolute Gasteiger partial charge is 0.336 e. The molecule has 0 aliphatic rings. The first-order valence-electron chi connectivity index (χ1n) is 5.79. The molecule has 3 aromatic rings. The minimum Gasteiger partial charge on any atom is -0.478 e. The van der Waals surface area contributed by atoms with Gasteiger partial charge in [-0.25, -0.2) is 14.8 Å². The SMILES string of the molecule is Cc1cc(Br)cc2c(C(=O)O)cc(-c3cscn3)nc12. The topological polar surface area (TPSA) is 63.1 Å². The number of halogens is 1. The fraction of sp³-hybridized carbons (Fsp3) is 0.0714. The Morgan fingerprint density at radius 2 is 2.10 bits per heavy atom. The number of nitrogens with zero attached hydrogens (tertiary/aromatic N) is 2. The van der Waals surface area contributed by atoms with Crippen LogP contribution in [0.2, 0.25) is 0 Å². The van der Waals surface area contributed by atoms with Crippen molar-refractivity contribution in [2.75, 3.05) is 0 Å². The summed E-state index contributed by atoms with van der Waals surface area (Å²) in [6, 6.07) is 5.28. The van der Waals surface area contributed by atoms with Crippen molar-refractivity contribution in [3.05, 3.63) is 44.7 Å². The molecular weight excluding hydrogens is 340 g/mol. The average molecular weight is 349 g/mol. The maximum Gasteiger partial charge on any atom is 0.336 e. The summed E-state index contributed by atoms with van der Waals surface area (Å²) in [4.78, 5) is 20.3. The van der Waals surface area contributed by atoms with Gasteiger partial charge in [-0.3, -0.25) is 0 Å². The number of carboxylic acid groups (broad SMARTS) is 1. The summed E-state index contributed by atoms with van der Waals surface area (Å²) in [6.45, 7) is 1.91. The molecule has 0 saturated carbocycles. The zero-order chi connectivity index (χ0) is 14.3. The molecule has 100 valence electrons. The monoisotopic (exact) mass is 348 g/mol. The van der Waals surface area contributed by atoms with E-state index in [1.165, 1.54) is 11.3 Å². The number of carboxylic acids is 1. The number of aromatic nitrogens is 2. The molecule has 0 atom stereocenters. The lowest BCUT2D eigenvalue weighted by Crippen LogP contribution is -2.01. The van der Waals surface area contributed by atoms with Crippen molar-refractivity contribution in [1.29, 1.82) is 0 Å². The molecule has 0 amide bonds. The molecule has 0 saturated heterocycles. The van der Waals surface area contributed by atoms with Crippen LogP contribution in [-0.4, -0.2) is 21.0 Å². The van der Waals surface area contributed by atoms with Crippen LogP contribution in [0.3, 0.4) is 0 Å². The van der Waals surface area contributed by atoms with Crippen LogP contribution in [0, 0.1) is 6.92 Å². The highest BCUT2D eigenvalue weighted by atomic mass is 79.9. The van der Waals surface area contributed by atoms with Gasteiger partial charge in [0.2, 0.25) is 0 Å². The first-order valence-corrected chi connectivity index (χ1v) is 7.52. The first kappa shape index (κ1) is 13.2. The Labute approximate surface area is 127 Å². The van der Waals surface area contributed by atoms with Crippen molar-refractivity contribution in [1.82, 2.24) is 9.97 Å². The molecule has 3 rings (SSSR count). The Morgan fingerprint density at radius 1 is 1.30 bits per heavy atom. The van der Waals surface area contributed by atoms with Crippen molar-refractivity contribution < 1.29 is 9.90 Å². The third-order valence-electron chi connectivity index (χ3n) is 2.99. The Hall–Kier alpha value is -1.79. The largest absolute Gasteiger partial charge is 0.478 e. The average Bonchev–Trinajstić information content (AvgIpc) is 2.91. The molecule has 0 unspecified atom stereocenters. The lowest BCUT2D eigenvalue weighted by Gasteiger charge is -2.08. The van der Waals surface area contributed by atoms with Crippen molar-refractivity contribution >= 4 is 44.1 Å². The zero-order valence-electron chi connectivity index (χ0n) is 10.4. The molecule has 0 aliphatic heterocycles. The van der Waals surface area contributed by atoms with Gasteiger partial charge in [0.25, 0.3) is 0 Å². The molecule has 0 spiro atoms. The Kier molecular flexibility index (Phi) is 3.27. The van der Waals surface area contributed by atoms with Gasteiger partial charge >= 0.3 is 5.97 Å². The van der Waals surface area contributed by atoms with E-state index in [1.807, 2.05) is 18.4 Å². The molecule has 0 radical (unpaired) electrons. The minimum atomic E-state index is -0.966. The predicted molar refractivity (Wildman–Crippen MR) is 82.2 cm³/mol. The summed E-state index contributed by atoms with van der Waals surface area (Å²) in [7, 11) is 0. The van der Waals surface area contributed by atoms with Crippen LogP contribution in [0.5, 0.6) is 0 Å². The second-order valence-electron chi connectivity index (χ2n) is 4.35. The summed E-state index contributed by atoms with van der Waals surface area (Å²) >= 11 is 4.85. The first-order chi connectivity index (χ1) is 9.56. The van der Waals surface area contributed by atoms with E-state index < -0.39 is 5.97 Å². The van der Waals surface area contributed by atoms with E-state index in [9.17, 15) is 9.90 Å². The molecule has 6 heteroatoms. The van der Waals surface area contributed by atoms with Gasteiger partial charge in [0.15, 0.2) is 0 Å². The summed E-state index contributed by atoms with van der Waals surface area (Å²) in [5.41, 5.74) is 4.84. The molecule has 2 aromatic heterocycles. The van der Waals surface area contributed by atoms with E-state index in [4.69, 9.17) is 0 Å². The number of aryl methyl sites for hydroxylation is 1. The van der Waals surface area contributed by atoms with E-state index in [0.29, 0.717) is 22.3 Å². The number of fused-ring (bicyclic) bond motifs is 1. The summed E-state index contributed by atoms with van der Waals surface area (Å²) in [5.74, 6) is -0.966. The summed E-state index contributed by atoms with van der Waals surface area (Å²) in [6.07, 6.45) is 0. The van der Waals surface area contributed by atoms with Crippen LogP contribution < -0.4 is 0 Å². The molecule has 1 N–H and O–H groups in total.